The van der Waals surface area contributed by atoms with E-state index in [1.165, 1.54) is 12.8 Å². The summed E-state index contributed by atoms with van der Waals surface area (Å²) in [6.07, 6.45) is 1.86. The van der Waals surface area contributed by atoms with Gasteiger partial charge in [0, 0.05) is 23.8 Å². The van der Waals surface area contributed by atoms with Crippen LogP contribution in [0.25, 0.3) is 0 Å². The zero-order valence-corrected chi connectivity index (χ0v) is 11.9. The van der Waals surface area contributed by atoms with Crippen LogP contribution in [-0.4, -0.2) is 17.7 Å². The van der Waals surface area contributed by atoms with Gasteiger partial charge in [-0.25, -0.2) is 0 Å². The van der Waals surface area contributed by atoms with Crippen molar-refractivity contribution in [2.45, 2.75) is 45.8 Å². The Bertz CT molecular complexity index is 488. The molecule has 1 aromatic rings. The molecule has 2 rings (SSSR count). The van der Waals surface area contributed by atoms with E-state index in [4.69, 9.17) is 5.26 Å². The Morgan fingerprint density at radius 1 is 1.37 bits per heavy atom. The highest BCUT2D eigenvalue weighted by Gasteiger charge is 2.29. The first kappa shape index (κ1) is 13.9. The lowest BCUT2D eigenvalue weighted by atomic mass is 9.99. The van der Waals surface area contributed by atoms with Gasteiger partial charge in [0.2, 0.25) is 0 Å². The van der Waals surface area contributed by atoms with Crippen LogP contribution >= 0.6 is 0 Å². The fraction of sp³-hybridized carbons (Fsp3) is 0.562. The molecular weight excluding hydrogens is 236 g/mol. The number of hydrogen-bond acceptors (Lipinski definition) is 3. The Hall–Kier alpha value is -1.53. The summed E-state index contributed by atoms with van der Waals surface area (Å²) < 4.78 is 0. The van der Waals surface area contributed by atoms with E-state index in [9.17, 15) is 5.11 Å². The molecule has 1 N–H and O–H groups in total. The van der Waals surface area contributed by atoms with Gasteiger partial charge in [-0.1, -0.05) is 19.9 Å². The molecule has 1 aliphatic heterocycles. The first-order chi connectivity index (χ1) is 9.04. The van der Waals surface area contributed by atoms with E-state index in [1.807, 2.05) is 12.1 Å². The molecule has 1 heterocycles. The molecule has 1 unspecified atom stereocenters. The van der Waals surface area contributed by atoms with Crippen LogP contribution in [0.4, 0.5) is 5.69 Å². The number of nitriles is 1. The molecule has 0 bridgehead atoms. The highest BCUT2D eigenvalue weighted by Crippen LogP contribution is 2.35. The lowest BCUT2D eigenvalue weighted by molar-refractivity contribution is 0.199. The van der Waals surface area contributed by atoms with Crippen LogP contribution in [-0.2, 0) is 0 Å². The van der Waals surface area contributed by atoms with Gasteiger partial charge in [0.05, 0.1) is 17.7 Å². The van der Waals surface area contributed by atoms with Crippen LogP contribution in [0.1, 0.15) is 50.8 Å². The van der Waals surface area contributed by atoms with E-state index in [0.717, 1.165) is 17.8 Å². The van der Waals surface area contributed by atoms with Crippen molar-refractivity contribution in [1.82, 2.24) is 0 Å². The number of aliphatic hydroxyl groups is 1. The molecule has 0 spiro atoms. The topological polar surface area (TPSA) is 47.3 Å². The Morgan fingerprint density at radius 3 is 2.68 bits per heavy atom. The van der Waals surface area contributed by atoms with E-state index in [0.29, 0.717) is 17.5 Å². The molecule has 0 amide bonds. The summed E-state index contributed by atoms with van der Waals surface area (Å²) in [5.74, 6) is 0.579. The molecule has 1 aromatic carbocycles. The number of hydrogen-bond donors (Lipinski definition) is 1. The maximum absolute atomic E-state index is 9.94. The number of anilines is 1. The molecule has 2 atom stereocenters. The van der Waals surface area contributed by atoms with E-state index < -0.39 is 6.10 Å². The van der Waals surface area contributed by atoms with Crippen LogP contribution < -0.4 is 4.90 Å². The van der Waals surface area contributed by atoms with Gasteiger partial charge in [-0.05, 0) is 37.8 Å². The van der Waals surface area contributed by atoms with Crippen LogP contribution in [0, 0.1) is 17.2 Å². The third-order valence-corrected chi connectivity index (χ3v) is 3.99. The molecule has 102 valence electrons. The molecule has 3 heteroatoms. The fourth-order valence-electron chi connectivity index (χ4n) is 3.00. The van der Waals surface area contributed by atoms with Crippen molar-refractivity contribution in [1.29, 1.82) is 5.26 Å². The van der Waals surface area contributed by atoms with Gasteiger partial charge in [-0.15, -0.1) is 0 Å². The van der Waals surface area contributed by atoms with Crippen molar-refractivity contribution < 1.29 is 5.11 Å². The number of nitrogens with zero attached hydrogens (tertiary/aromatic N) is 2. The minimum Gasteiger partial charge on any atom is -0.389 e. The van der Waals surface area contributed by atoms with Crippen molar-refractivity contribution >= 4 is 5.69 Å². The second kappa shape index (κ2) is 5.63. The zero-order chi connectivity index (χ0) is 14.0. The molecule has 0 radical (unpaired) electrons. The highest BCUT2D eigenvalue weighted by molar-refractivity contribution is 5.59. The predicted molar refractivity (Wildman–Crippen MR) is 77.0 cm³/mol. The molecule has 1 aliphatic rings. The normalized spacial score (nSPS) is 20.6. The molecule has 1 fully saturated rings. The minimum atomic E-state index is -0.504. The summed E-state index contributed by atoms with van der Waals surface area (Å²) in [6, 6.07) is 8.29. The number of rotatable bonds is 3. The molecular formula is C16H22N2O. The second-order valence-corrected chi connectivity index (χ2v) is 5.71. The molecule has 19 heavy (non-hydrogen) atoms. The fourth-order valence-corrected chi connectivity index (χ4v) is 3.00. The van der Waals surface area contributed by atoms with E-state index in [2.05, 4.69) is 24.8 Å². The summed E-state index contributed by atoms with van der Waals surface area (Å²) in [7, 11) is 0. The van der Waals surface area contributed by atoms with Gasteiger partial charge in [0.15, 0.2) is 0 Å². The van der Waals surface area contributed by atoms with Gasteiger partial charge < -0.3 is 10.0 Å². The largest absolute Gasteiger partial charge is 0.389 e. The van der Waals surface area contributed by atoms with Gasteiger partial charge in [0.25, 0.3) is 0 Å². The minimum absolute atomic E-state index is 0.504. The maximum atomic E-state index is 9.94. The highest BCUT2D eigenvalue weighted by atomic mass is 16.3. The Morgan fingerprint density at radius 2 is 2.11 bits per heavy atom. The SMILES string of the molecule is CC(C)C1CCCN1c1cc(C#N)ccc1[C@H](C)O. The number of aliphatic hydroxyl groups excluding tert-OH is 1. The average Bonchev–Trinajstić information content (AvgIpc) is 2.87. The zero-order valence-electron chi connectivity index (χ0n) is 11.9. The molecule has 0 aliphatic carbocycles. The number of benzene rings is 1. The molecule has 1 saturated heterocycles. The van der Waals surface area contributed by atoms with Crippen molar-refractivity contribution in [3.63, 3.8) is 0 Å². The van der Waals surface area contributed by atoms with Crippen LogP contribution in [0.2, 0.25) is 0 Å². The van der Waals surface area contributed by atoms with E-state index in [1.54, 1.807) is 13.0 Å². The molecule has 0 saturated carbocycles. The first-order valence-corrected chi connectivity index (χ1v) is 7.03. The van der Waals surface area contributed by atoms with Crippen molar-refractivity contribution in [3.05, 3.63) is 29.3 Å². The maximum Gasteiger partial charge on any atom is 0.0992 e. The summed E-state index contributed by atoms with van der Waals surface area (Å²) >= 11 is 0. The van der Waals surface area contributed by atoms with Gasteiger partial charge in [-0.3, -0.25) is 0 Å². The summed E-state index contributed by atoms with van der Waals surface area (Å²) in [4.78, 5) is 2.37. The predicted octanol–water partition coefficient (Wildman–Crippen LogP) is 3.24. The summed E-state index contributed by atoms with van der Waals surface area (Å²) in [5, 5.41) is 19.0. The lowest BCUT2D eigenvalue weighted by Gasteiger charge is -2.32. The third-order valence-electron chi connectivity index (χ3n) is 3.99. The van der Waals surface area contributed by atoms with Gasteiger partial charge >= 0.3 is 0 Å². The standard InChI is InChI=1S/C16H22N2O/c1-11(2)15-5-4-8-18(15)16-9-13(10-17)6-7-14(16)12(3)19/h6-7,9,11-12,15,19H,4-5,8H2,1-3H3/t12-,15?/m0/s1. The van der Waals surface area contributed by atoms with Crippen LogP contribution in [0.5, 0.6) is 0 Å². The average molecular weight is 258 g/mol. The smallest absolute Gasteiger partial charge is 0.0992 e. The lowest BCUT2D eigenvalue weighted by Crippen LogP contribution is -2.34. The van der Waals surface area contributed by atoms with Crippen molar-refractivity contribution in [3.8, 4) is 6.07 Å². The van der Waals surface area contributed by atoms with Gasteiger partial charge in [0.1, 0.15) is 0 Å². The van der Waals surface area contributed by atoms with Crippen molar-refractivity contribution in [2.24, 2.45) is 5.92 Å². The Labute approximate surface area is 115 Å². The second-order valence-electron chi connectivity index (χ2n) is 5.71. The summed E-state index contributed by atoms with van der Waals surface area (Å²) in [6.45, 7) is 7.27. The monoisotopic (exact) mass is 258 g/mol. The first-order valence-electron chi connectivity index (χ1n) is 7.03. The Balaban J connectivity index is 2.44. The molecule has 3 nitrogen and oxygen atoms in total. The third kappa shape index (κ3) is 2.74. The Kier molecular flexibility index (Phi) is 4.11. The van der Waals surface area contributed by atoms with Crippen LogP contribution in [0.15, 0.2) is 18.2 Å². The van der Waals surface area contributed by atoms with E-state index in [-0.39, 0.29) is 0 Å². The van der Waals surface area contributed by atoms with Gasteiger partial charge in [-0.2, -0.15) is 5.26 Å². The quantitative estimate of drug-likeness (QED) is 0.905. The summed E-state index contributed by atoms with van der Waals surface area (Å²) in [5.41, 5.74) is 2.62. The van der Waals surface area contributed by atoms with Crippen molar-refractivity contribution in [2.75, 3.05) is 11.4 Å². The van der Waals surface area contributed by atoms with Crippen LogP contribution in [0.3, 0.4) is 0 Å². The molecule has 0 aromatic heterocycles. The van der Waals surface area contributed by atoms with E-state index >= 15 is 0 Å².